The lowest BCUT2D eigenvalue weighted by Crippen LogP contribution is -2.16. The number of nitrogens with zero attached hydrogens (tertiary/aromatic N) is 1. The maximum atomic E-state index is 6.19. The van der Waals surface area contributed by atoms with Gasteiger partial charge in [0, 0.05) is 19.0 Å². The first-order valence-corrected chi connectivity index (χ1v) is 8.02. The molecular weight excluding hydrogens is 318 g/mol. The lowest BCUT2D eigenvalue weighted by atomic mass is 10.0. The van der Waals surface area contributed by atoms with E-state index in [9.17, 15) is 0 Å². The summed E-state index contributed by atoms with van der Waals surface area (Å²) in [6.07, 6.45) is 4.20. The Morgan fingerprint density at radius 3 is 2.33 bits per heavy atom. The summed E-state index contributed by atoms with van der Waals surface area (Å²) in [5.41, 5.74) is 5.82. The van der Waals surface area contributed by atoms with Gasteiger partial charge in [0.05, 0.1) is 5.56 Å². The molecule has 0 bridgehead atoms. The van der Waals surface area contributed by atoms with Crippen LogP contribution in [0.5, 0.6) is 0 Å². The van der Waals surface area contributed by atoms with E-state index in [0.29, 0.717) is 0 Å². The molecule has 0 saturated carbocycles. The molecule has 0 radical (unpaired) electrons. The first-order chi connectivity index (χ1) is 11.1. The second-order valence-corrected chi connectivity index (χ2v) is 6.10. The van der Waals surface area contributed by atoms with E-state index in [1.54, 1.807) is 0 Å². The van der Waals surface area contributed by atoms with Gasteiger partial charge in [-0.15, -0.1) is 12.4 Å². The van der Waals surface area contributed by atoms with Gasteiger partial charge in [-0.3, -0.25) is 0 Å². The predicted octanol–water partition coefficient (Wildman–Crippen LogP) is 6.15. The zero-order valence-electron chi connectivity index (χ0n) is 14.7. The van der Waals surface area contributed by atoms with Gasteiger partial charge in [0.2, 0.25) is 5.88 Å². The zero-order chi connectivity index (χ0) is 16.4. The van der Waals surface area contributed by atoms with Crippen LogP contribution in [-0.4, -0.2) is 13.6 Å². The average molecular weight is 342 g/mol. The Kier molecular flexibility index (Phi) is 5.74. The average Bonchev–Trinajstić information content (AvgIpc) is 2.92. The summed E-state index contributed by atoms with van der Waals surface area (Å²) in [6, 6.07) is 15.0. The summed E-state index contributed by atoms with van der Waals surface area (Å²) >= 11 is 0. The summed E-state index contributed by atoms with van der Waals surface area (Å²) in [7, 11) is 2.07. The number of halogens is 1. The summed E-state index contributed by atoms with van der Waals surface area (Å²) in [6.45, 7) is 7.10. The number of benzene rings is 2. The van der Waals surface area contributed by atoms with Crippen molar-refractivity contribution in [3.05, 3.63) is 65.7 Å². The fraction of sp³-hybridized carbons (Fsp3) is 0.238. The molecular formula is C21H24ClNO. The quantitative estimate of drug-likeness (QED) is 0.529. The van der Waals surface area contributed by atoms with Crippen molar-refractivity contribution in [1.29, 1.82) is 0 Å². The number of furan rings is 1. The molecule has 0 fully saturated rings. The monoisotopic (exact) mass is 341 g/mol. The third-order valence-corrected chi connectivity index (χ3v) is 4.13. The molecule has 3 heteroatoms. The number of allylic oxidation sites excluding steroid dienone is 1. The highest BCUT2D eigenvalue weighted by atomic mass is 35.5. The van der Waals surface area contributed by atoms with Crippen LogP contribution in [0.3, 0.4) is 0 Å². The van der Waals surface area contributed by atoms with Crippen LogP contribution in [0.1, 0.15) is 18.1 Å². The molecule has 126 valence electrons. The van der Waals surface area contributed by atoms with Crippen molar-refractivity contribution >= 4 is 29.3 Å². The van der Waals surface area contributed by atoms with E-state index in [1.807, 2.05) is 6.92 Å². The third-order valence-electron chi connectivity index (χ3n) is 4.13. The minimum Gasteiger partial charge on any atom is -0.440 e. The molecule has 0 aliphatic carbocycles. The third kappa shape index (κ3) is 3.49. The van der Waals surface area contributed by atoms with Crippen LogP contribution >= 0.6 is 12.4 Å². The fourth-order valence-corrected chi connectivity index (χ4v) is 2.81. The highest BCUT2D eigenvalue weighted by Gasteiger charge is 2.18. The molecule has 0 aliphatic rings. The van der Waals surface area contributed by atoms with Crippen molar-refractivity contribution in [1.82, 2.24) is 0 Å². The molecule has 0 unspecified atom stereocenters. The highest BCUT2D eigenvalue weighted by Crippen LogP contribution is 2.40. The Morgan fingerprint density at radius 2 is 1.67 bits per heavy atom. The van der Waals surface area contributed by atoms with Gasteiger partial charge >= 0.3 is 0 Å². The van der Waals surface area contributed by atoms with E-state index in [1.165, 1.54) is 27.6 Å². The molecule has 0 amide bonds. The number of hydrogen-bond donors (Lipinski definition) is 0. The van der Waals surface area contributed by atoms with Crippen LogP contribution in [0.4, 0.5) is 5.88 Å². The molecule has 0 N–H and O–H groups in total. The highest BCUT2D eigenvalue weighted by molar-refractivity contribution is 6.00. The Labute approximate surface area is 150 Å². The summed E-state index contributed by atoms with van der Waals surface area (Å²) < 4.78 is 6.19. The van der Waals surface area contributed by atoms with Crippen LogP contribution in [0.25, 0.3) is 22.1 Å². The Balaban J connectivity index is 0.00000208. The molecule has 0 spiro atoms. The zero-order valence-corrected chi connectivity index (χ0v) is 15.5. The van der Waals surface area contributed by atoms with Crippen molar-refractivity contribution < 1.29 is 4.42 Å². The standard InChI is InChI=1S/C21H23NO.ClH/c1-5-6-13-22(4)21-20(17-10-7-15(2)8-11-17)18-14-16(3)9-12-19(18)23-21;/h5-12,14H,13H2,1-4H3;1H/b6-5+;. The molecule has 3 rings (SSSR count). The van der Waals surface area contributed by atoms with Gasteiger partial charge in [0.25, 0.3) is 0 Å². The minimum absolute atomic E-state index is 0. The maximum Gasteiger partial charge on any atom is 0.204 e. The van der Waals surface area contributed by atoms with Gasteiger partial charge in [-0.2, -0.15) is 0 Å². The lowest BCUT2D eigenvalue weighted by Gasteiger charge is -2.16. The van der Waals surface area contributed by atoms with Gasteiger partial charge < -0.3 is 9.32 Å². The smallest absolute Gasteiger partial charge is 0.204 e. The van der Waals surface area contributed by atoms with Crippen molar-refractivity contribution in [2.45, 2.75) is 20.8 Å². The molecule has 2 aromatic carbocycles. The van der Waals surface area contributed by atoms with Gasteiger partial charge in [0.15, 0.2) is 0 Å². The van der Waals surface area contributed by atoms with Gasteiger partial charge in [0.1, 0.15) is 5.58 Å². The summed E-state index contributed by atoms with van der Waals surface area (Å²) in [5, 5.41) is 1.18. The molecule has 2 nitrogen and oxygen atoms in total. The van der Waals surface area contributed by atoms with E-state index in [-0.39, 0.29) is 12.4 Å². The van der Waals surface area contributed by atoms with Gasteiger partial charge in [-0.05, 0) is 38.5 Å². The summed E-state index contributed by atoms with van der Waals surface area (Å²) in [4.78, 5) is 2.16. The lowest BCUT2D eigenvalue weighted by molar-refractivity contribution is 0.605. The topological polar surface area (TPSA) is 16.4 Å². The van der Waals surface area contributed by atoms with Gasteiger partial charge in [-0.1, -0.05) is 53.6 Å². The normalized spacial score (nSPS) is 11.0. The SMILES string of the molecule is C/C=C/CN(C)c1oc2ccc(C)cc2c1-c1ccc(C)cc1.Cl. The molecule has 1 aromatic heterocycles. The Hall–Kier alpha value is -2.19. The molecule has 0 aliphatic heterocycles. The minimum atomic E-state index is 0. The second kappa shape index (κ2) is 7.59. The van der Waals surface area contributed by atoms with E-state index < -0.39 is 0 Å². The van der Waals surface area contributed by atoms with E-state index >= 15 is 0 Å². The van der Waals surface area contributed by atoms with Crippen molar-refractivity contribution in [2.75, 3.05) is 18.5 Å². The predicted molar refractivity (Wildman–Crippen MR) is 106 cm³/mol. The number of aryl methyl sites for hydroxylation is 2. The van der Waals surface area contributed by atoms with E-state index in [4.69, 9.17) is 4.42 Å². The number of anilines is 1. The second-order valence-electron chi connectivity index (χ2n) is 6.10. The Bertz CT molecular complexity index is 846. The van der Waals surface area contributed by atoms with Crippen LogP contribution in [-0.2, 0) is 0 Å². The van der Waals surface area contributed by atoms with Crippen molar-refractivity contribution in [3.8, 4) is 11.1 Å². The molecule has 0 saturated heterocycles. The molecule has 1 heterocycles. The van der Waals surface area contributed by atoms with Crippen LogP contribution in [0, 0.1) is 13.8 Å². The maximum absolute atomic E-state index is 6.19. The number of hydrogen-bond acceptors (Lipinski definition) is 2. The molecule has 0 atom stereocenters. The van der Waals surface area contributed by atoms with Crippen LogP contribution in [0.2, 0.25) is 0 Å². The van der Waals surface area contributed by atoms with E-state index in [0.717, 1.165) is 18.0 Å². The van der Waals surface area contributed by atoms with Crippen LogP contribution in [0.15, 0.2) is 59.0 Å². The number of likely N-dealkylation sites (N-methyl/N-ethyl adjacent to an activating group) is 1. The van der Waals surface area contributed by atoms with Crippen molar-refractivity contribution in [3.63, 3.8) is 0 Å². The fourth-order valence-electron chi connectivity index (χ4n) is 2.81. The Morgan fingerprint density at radius 1 is 1.00 bits per heavy atom. The van der Waals surface area contributed by atoms with Crippen LogP contribution < -0.4 is 4.90 Å². The first kappa shape index (κ1) is 18.2. The van der Waals surface area contributed by atoms with E-state index in [2.05, 4.69) is 80.4 Å². The molecule has 3 aromatic rings. The van der Waals surface area contributed by atoms with Crippen molar-refractivity contribution in [2.24, 2.45) is 0 Å². The largest absolute Gasteiger partial charge is 0.440 e. The number of rotatable bonds is 4. The van der Waals surface area contributed by atoms with Gasteiger partial charge in [-0.25, -0.2) is 0 Å². The first-order valence-electron chi connectivity index (χ1n) is 8.02. The molecule has 24 heavy (non-hydrogen) atoms. The number of fused-ring (bicyclic) bond motifs is 1. The summed E-state index contributed by atoms with van der Waals surface area (Å²) in [5.74, 6) is 0.924.